The molecule has 150 valence electrons. The molecule has 0 radical (unpaired) electrons. The number of likely N-dealkylation sites (N-methyl/N-ethyl adjacent to an activating group) is 1. The monoisotopic (exact) mass is 505 g/mol. The van der Waals surface area contributed by atoms with E-state index in [0.29, 0.717) is 13.1 Å². The summed E-state index contributed by atoms with van der Waals surface area (Å²) < 4.78 is 13.2. The predicted octanol–water partition coefficient (Wildman–Crippen LogP) is 3.88. The first kappa shape index (κ1) is 23.8. The van der Waals surface area contributed by atoms with Crippen molar-refractivity contribution in [1.82, 2.24) is 20.5 Å². The van der Waals surface area contributed by atoms with E-state index < -0.39 is 0 Å². The lowest BCUT2D eigenvalue weighted by atomic mass is 10.1. The first-order valence-corrected chi connectivity index (χ1v) is 9.59. The van der Waals surface area contributed by atoms with Gasteiger partial charge >= 0.3 is 0 Å². The average Bonchev–Trinajstić information content (AvgIpc) is 2.92. The van der Waals surface area contributed by atoms with Gasteiger partial charge in [0.25, 0.3) is 0 Å². The van der Waals surface area contributed by atoms with Crippen molar-refractivity contribution >= 4 is 41.3 Å². The molecule has 0 aliphatic heterocycles. The predicted molar refractivity (Wildman–Crippen MR) is 123 cm³/mol. The van der Waals surface area contributed by atoms with Crippen molar-refractivity contribution in [3.05, 3.63) is 51.2 Å². The quantitative estimate of drug-likeness (QED) is 0.341. The molecular weight excluding hydrogens is 476 g/mol. The summed E-state index contributed by atoms with van der Waals surface area (Å²) in [6, 6.07) is 6.76. The van der Waals surface area contributed by atoms with Gasteiger partial charge < -0.3 is 15.5 Å². The number of hydrogen-bond acceptors (Lipinski definition) is 4. The smallest absolute Gasteiger partial charge is 0.191 e. The van der Waals surface area contributed by atoms with Crippen molar-refractivity contribution in [1.29, 1.82) is 0 Å². The SMILES string of the molecule is CCNC(=NCc1nc(C)c(C)s1)NCC(c1ccc(F)cc1)N(C)C.I. The molecule has 0 saturated heterocycles. The summed E-state index contributed by atoms with van der Waals surface area (Å²) in [7, 11) is 4.03. The molecule has 1 atom stereocenters. The van der Waals surface area contributed by atoms with Crippen LogP contribution < -0.4 is 10.6 Å². The zero-order chi connectivity index (χ0) is 19.1. The van der Waals surface area contributed by atoms with E-state index in [9.17, 15) is 4.39 Å². The highest BCUT2D eigenvalue weighted by molar-refractivity contribution is 14.0. The Morgan fingerprint density at radius 3 is 2.41 bits per heavy atom. The van der Waals surface area contributed by atoms with Crippen LogP contribution in [0.2, 0.25) is 0 Å². The van der Waals surface area contributed by atoms with Crippen LogP contribution in [0.4, 0.5) is 4.39 Å². The fourth-order valence-corrected chi connectivity index (χ4v) is 3.43. The normalized spacial score (nSPS) is 12.6. The Balaban J connectivity index is 0.00000364. The maximum absolute atomic E-state index is 13.2. The number of thiazole rings is 1. The Morgan fingerprint density at radius 1 is 1.22 bits per heavy atom. The van der Waals surface area contributed by atoms with Gasteiger partial charge in [-0.2, -0.15) is 0 Å². The van der Waals surface area contributed by atoms with Crippen molar-refractivity contribution in [3.63, 3.8) is 0 Å². The fourth-order valence-electron chi connectivity index (χ4n) is 2.57. The molecule has 1 aromatic heterocycles. The van der Waals surface area contributed by atoms with Crippen LogP contribution in [-0.2, 0) is 6.54 Å². The number of nitrogens with zero attached hydrogens (tertiary/aromatic N) is 3. The summed E-state index contributed by atoms with van der Waals surface area (Å²) in [5.41, 5.74) is 2.13. The number of nitrogens with one attached hydrogen (secondary N) is 2. The van der Waals surface area contributed by atoms with E-state index in [-0.39, 0.29) is 35.8 Å². The van der Waals surface area contributed by atoms with Gasteiger partial charge in [-0.15, -0.1) is 35.3 Å². The number of hydrogen-bond donors (Lipinski definition) is 2. The fraction of sp³-hybridized carbons (Fsp3) is 0.474. The second-order valence-corrected chi connectivity index (χ2v) is 7.64. The summed E-state index contributed by atoms with van der Waals surface area (Å²) in [6.45, 7) is 8.14. The molecule has 1 unspecified atom stereocenters. The maximum Gasteiger partial charge on any atom is 0.191 e. The van der Waals surface area contributed by atoms with Gasteiger partial charge in [0, 0.05) is 18.0 Å². The zero-order valence-corrected chi connectivity index (χ0v) is 19.7. The standard InChI is InChI=1S/C19H28FN5S.HI/c1-6-21-19(23-12-18-24-13(2)14(3)26-18)22-11-17(25(4)5)15-7-9-16(20)10-8-15;/h7-10,17H,6,11-12H2,1-5H3,(H2,21,22,23);1H. The van der Waals surface area contributed by atoms with E-state index in [1.807, 2.05) is 40.1 Å². The minimum Gasteiger partial charge on any atom is -0.357 e. The van der Waals surface area contributed by atoms with Crippen molar-refractivity contribution in [2.24, 2.45) is 4.99 Å². The number of aryl methyl sites for hydroxylation is 2. The lowest BCUT2D eigenvalue weighted by Gasteiger charge is -2.26. The van der Waals surface area contributed by atoms with Crippen LogP contribution in [0.5, 0.6) is 0 Å². The lowest BCUT2D eigenvalue weighted by molar-refractivity contribution is 0.298. The molecule has 0 spiro atoms. The molecule has 8 heteroatoms. The minimum absolute atomic E-state index is 0. The Hall–Kier alpha value is -1.26. The molecule has 1 heterocycles. The molecule has 0 bridgehead atoms. The summed E-state index contributed by atoms with van der Waals surface area (Å²) >= 11 is 1.68. The van der Waals surface area contributed by atoms with E-state index in [4.69, 9.17) is 0 Å². The maximum atomic E-state index is 13.2. The highest BCUT2D eigenvalue weighted by atomic mass is 127. The summed E-state index contributed by atoms with van der Waals surface area (Å²) in [5, 5.41) is 7.67. The second-order valence-electron chi connectivity index (χ2n) is 6.36. The van der Waals surface area contributed by atoms with Gasteiger partial charge in [-0.05, 0) is 52.6 Å². The van der Waals surface area contributed by atoms with Gasteiger partial charge in [0.1, 0.15) is 10.8 Å². The molecular formula is C19H29FIN5S. The van der Waals surface area contributed by atoms with Gasteiger partial charge in [0.05, 0.1) is 18.3 Å². The summed E-state index contributed by atoms with van der Waals surface area (Å²) in [4.78, 5) is 12.5. The Labute approximate surface area is 182 Å². The highest BCUT2D eigenvalue weighted by Crippen LogP contribution is 2.18. The van der Waals surface area contributed by atoms with Crippen molar-refractivity contribution < 1.29 is 4.39 Å². The van der Waals surface area contributed by atoms with Gasteiger partial charge in [-0.25, -0.2) is 14.4 Å². The zero-order valence-electron chi connectivity index (χ0n) is 16.5. The third-order valence-corrected chi connectivity index (χ3v) is 5.19. The molecule has 0 fully saturated rings. The molecule has 27 heavy (non-hydrogen) atoms. The first-order chi connectivity index (χ1) is 12.4. The third kappa shape index (κ3) is 7.34. The Bertz CT molecular complexity index is 711. The molecule has 1 aromatic carbocycles. The van der Waals surface area contributed by atoms with Crippen molar-refractivity contribution in [2.45, 2.75) is 33.4 Å². The lowest BCUT2D eigenvalue weighted by Crippen LogP contribution is -2.41. The molecule has 2 aromatic rings. The topological polar surface area (TPSA) is 52.6 Å². The van der Waals surface area contributed by atoms with Gasteiger partial charge in [-0.1, -0.05) is 12.1 Å². The number of aromatic nitrogens is 1. The molecule has 0 aliphatic rings. The molecule has 0 aliphatic carbocycles. The number of rotatable bonds is 7. The summed E-state index contributed by atoms with van der Waals surface area (Å²) in [5.74, 6) is 0.537. The Morgan fingerprint density at radius 2 is 1.89 bits per heavy atom. The average molecular weight is 505 g/mol. The summed E-state index contributed by atoms with van der Waals surface area (Å²) in [6.07, 6.45) is 0. The Kier molecular flexibility index (Phi) is 10.2. The van der Waals surface area contributed by atoms with E-state index in [1.54, 1.807) is 11.3 Å². The number of halogens is 2. The van der Waals surface area contributed by atoms with E-state index in [1.165, 1.54) is 17.0 Å². The van der Waals surface area contributed by atoms with Crippen molar-refractivity contribution in [3.8, 4) is 0 Å². The van der Waals surface area contributed by atoms with Crippen molar-refractivity contribution in [2.75, 3.05) is 27.2 Å². The van der Waals surface area contributed by atoms with Crippen LogP contribution in [-0.4, -0.2) is 43.0 Å². The highest BCUT2D eigenvalue weighted by Gasteiger charge is 2.15. The molecule has 0 amide bonds. The second kappa shape index (κ2) is 11.6. The van der Waals surface area contributed by atoms with Crippen LogP contribution in [0.25, 0.3) is 0 Å². The van der Waals surface area contributed by atoms with Gasteiger partial charge in [0.15, 0.2) is 5.96 Å². The third-order valence-electron chi connectivity index (χ3n) is 4.13. The van der Waals surface area contributed by atoms with Crippen LogP contribution in [0.3, 0.4) is 0 Å². The van der Waals surface area contributed by atoms with E-state index in [2.05, 4.69) is 32.4 Å². The van der Waals surface area contributed by atoms with E-state index >= 15 is 0 Å². The number of benzene rings is 1. The molecule has 5 nitrogen and oxygen atoms in total. The van der Waals surface area contributed by atoms with Gasteiger partial charge in [-0.3, -0.25) is 0 Å². The molecule has 2 N–H and O–H groups in total. The van der Waals surface area contributed by atoms with Gasteiger partial charge in [0.2, 0.25) is 0 Å². The number of aliphatic imine (C=N–C) groups is 1. The van der Waals surface area contributed by atoms with Crippen LogP contribution >= 0.6 is 35.3 Å². The van der Waals surface area contributed by atoms with Crippen LogP contribution in [0.15, 0.2) is 29.3 Å². The number of guanidine groups is 1. The van der Waals surface area contributed by atoms with Crippen LogP contribution in [0, 0.1) is 19.7 Å². The van der Waals surface area contributed by atoms with E-state index in [0.717, 1.165) is 28.8 Å². The van der Waals surface area contributed by atoms with Crippen LogP contribution in [0.1, 0.15) is 34.1 Å². The first-order valence-electron chi connectivity index (χ1n) is 8.77. The molecule has 0 saturated carbocycles. The molecule has 2 rings (SSSR count). The minimum atomic E-state index is -0.219. The largest absolute Gasteiger partial charge is 0.357 e.